The second-order valence-electron chi connectivity index (χ2n) is 9.81. The van der Waals surface area contributed by atoms with Crippen LogP contribution in [0.2, 0.25) is 0 Å². The Kier molecular flexibility index (Phi) is 4.49. The van der Waals surface area contributed by atoms with Crippen LogP contribution >= 0.6 is 12.2 Å². The number of carbonyl (C=O) groups excluding carboxylic acids is 1. The van der Waals surface area contributed by atoms with Crippen LogP contribution < -0.4 is 5.73 Å². The van der Waals surface area contributed by atoms with Gasteiger partial charge in [-0.1, -0.05) is 37.7 Å². The molecule has 0 bridgehead atoms. The zero-order valence-electron chi connectivity index (χ0n) is 16.4. The second-order valence-corrected chi connectivity index (χ2v) is 10.3. The Bertz CT molecular complexity index is 659. The Hall–Kier alpha value is -0.900. The summed E-state index contributed by atoms with van der Waals surface area (Å²) in [6, 6.07) is 0. The van der Waals surface area contributed by atoms with Crippen LogP contribution in [0.25, 0.3) is 0 Å². The van der Waals surface area contributed by atoms with Gasteiger partial charge in [0.25, 0.3) is 0 Å². The lowest BCUT2D eigenvalue weighted by molar-refractivity contribution is -0.148. The molecule has 0 heterocycles. The van der Waals surface area contributed by atoms with Crippen LogP contribution in [-0.2, 0) is 9.53 Å². The third kappa shape index (κ3) is 2.66. The van der Waals surface area contributed by atoms with Crippen LogP contribution in [0.15, 0.2) is 11.6 Å². The first-order valence-electron chi connectivity index (χ1n) is 10.4. The van der Waals surface area contributed by atoms with Gasteiger partial charge in [-0.3, -0.25) is 4.79 Å². The van der Waals surface area contributed by atoms with Crippen molar-refractivity contribution < 1.29 is 9.53 Å². The molecule has 0 saturated heterocycles. The maximum Gasteiger partial charge on any atom is 0.302 e. The summed E-state index contributed by atoms with van der Waals surface area (Å²) in [7, 11) is 0. The smallest absolute Gasteiger partial charge is 0.302 e. The molecule has 26 heavy (non-hydrogen) atoms. The van der Waals surface area contributed by atoms with Gasteiger partial charge < -0.3 is 10.5 Å². The van der Waals surface area contributed by atoms with E-state index in [1.807, 2.05) is 0 Å². The third-order valence-corrected chi connectivity index (χ3v) is 9.02. The summed E-state index contributed by atoms with van der Waals surface area (Å²) < 4.78 is 5.54. The number of carbonyl (C=O) groups is 1. The summed E-state index contributed by atoms with van der Waals surface area (Å²) in [6.07, 6.45) is 11.9. The molecule has 0 aromatic rings. The van der Waals surface area contributed by atoms with Gasteiger partial charge in [0, 0.05) is 19.3 Å². The summed E-state index contributed by atoms with van der Waals surface area (Å²) in [4.78, 5) is 12.1. The van der Waals surface area contributed by atoms with Gasteiger partial charge in [-0.25, -0.2) is 0 Å². The number of rotatable bonds is 2. The van der Waals surface area contributed by atoms with Crippen LogP contribution in [0.4, 0.5) is 0 Å². The Morgan fingerprint density at radius 2 is 1.96 bits per heavy atom. The lowest BCUT2D eigenvalue weighted by Crippen LogP contribution is -2.51. The zero-order chi connectivity index (χ0) is 18.7. The summed E-state index contributed by atoms with van der Waals surface area (Å²) in [5, 5.41) is 0. The second kappa shape index (κ2) is 6.32. The van der Waals surface area contributed by atoms with Crippen LogP contribution in [0.5, 0.6) is 0 Å². The Morgan fingerprint density at radius 1 is 1.19 bits per heavy atom. The van der Waals surface area contributed by atoms with E-state index in [4.69, 9.17) is 22.7 Å². The SMILES string of the molecule is CC(=O)O[C@H]1CC[C@@]2(C)C(=CC[C@H]3[C@@H]4CC[C@H](C(N)=S)[C@@]4(C)CC[C@@H]32)C1. The standard InChI is InChI=1S/C22H33NO2S/c1-13(24)25-15-8-10-21(2)14(12-15)4-5-16-17-6-7-19(20(23)26)22(17,3)11-9-18(16)21/h4,15-19H,5-12H2,1-3H3,(H2,23,26)/t15-,16-,17-,18-,19+,21-,22-/m0/s1. The van der Waals surface area contributed by atoms with Crippen molar-refractivity contribution in [3.05, 3.63) is 11.6 Å². The largest absolute Gasteiger partial charge is 0.462 e. The molecular weight excluding hydrogens is 342 g/mol. The van der Waals surface area contributed by atoms with Crippen molar-refractivity contribution in [2.45, 2.75) is 78.2 Å². The number of nitrogens with two attached hydrogens (primary N) is 1. The molecule has 4 rings (SSSR count). The zero-order valence-corrected chi connectivity index (χ0v) is 17.2. The highest BCUT2D eigenvalue weighted by Crippen LogP contribution is 2.66. The van der Waals surface area contributed by atoms with Crippen molar-refractivity contribution in [2.24, 2.45) is 40.2 Å². The number of fused-ring (bicyclic) bond motifs is 5. The van der Waals surface area contributed by atoms with Crippen LogP contribution in [-0.4, -0.2) is 17.1 Å². The highest BCUT2D eigenvalue weighted by Gasteiger charge is 2.59. The molecule has 0 amide bonds. The number of hydrogen-bond donors (Lipinski definition) is 1. The molecular formula is C22H33NO2S. The molecule has 4 heteroatoms. The van der Waals surface area contributed by atoms with Crippen LogP contribution in [0.1, 0.15) is 72.1 Å². The molecule has 3 saturated carbocycles. The van der Waals surface area contributed by atoms with Crippen molar-refractivity contribution in [2.75, 3.05) is 0 Å². The van der Waals surface area contributed by atoms with E-state index in [2.05, 4.69) is 19.9 Å². The predicted molar refractivity (Wildman–Crippen MR) is 108 cm³/mol. The van der Waals surface area contributed by atoms with E-state index in [0.717, 1.165) is 42.0 Å². The van der Waals surface area contributed by atoms with Crippen LogP contribution in [0, 0.1) is 34.5 Å². The fourth-order valence-corrected chi connectivity index (χ4v) is 7.82. The highest BCUT2D eigenvalue weighted by molar-refractivity contribution is 7.80. The normalized spacial score (nSPS) is 47.2. The van der Waals surface area contributed by atoms with Gasteiger partial charge in [0.1, 0.15) is 6.10 Å². The number of thiocarbonyl (C=S) groups is 1. The van der Waals surface area contributed by atoms with Crippen molar-refractivity contribution in [1.29, 1.82) is 0 Å². The fraction of sp³-hybridized carbons (Fsp3) is 0.818. The molecule has 4 aliphatic rings. The third-order valence-electron chi connectivity index (χ3n) is 8.73. The summed E-state index contributed by atoms with van der Waals surface area (Å²) in [5.41, 5.74) is 8.29. The van der Waals surface area contributed by atoms with Gasteiger partial charge in [0.2, 0.25) is 0 Å². The topological polar surface area (TPSA) is 52.3 Å². The molecule has 0 aliphatic heterocycles. The Labute approximate surface area is 163 Å². The van der Waals surface area contributed by atoms with E-state index in [9.17, 15) is 4.79 Å². The molecule has 144 valence electrons. The fourth-order valence-electron chi connectivity index (χ4n) is 7.43. The lowest BCUT2D eigenvalue weighted by atomic mass is 9.47. The van der Waals surface area contributed by atoms with E-state index in [0.29, 0.717) is 16.7 Å². The van der Waals surface area contributed by atoms with Gasteiger partial charge in [0.05, 0.1) is 4.99 Å². The lowest BCUT2D eigenvalue weighted by Gasteiger charge is -2.58. The molecule has 0 unspecified atom stereocenters. The predicted octanol–water partition coefficient (Wildman–Crippen LogP) is 4.78. The maximum absolute atomic E-state index is 11.4. The van der Waals surface area contributed by atoms with Gasteiger partial charge in [-0.05, 0) is 73.5 Å². The molecule has 4 aliphatic carbocycles. The molecule has 0 spiro atoms. The first kappa shape index (κ1) is 18.5. The quantitative estimate of drug-likeness (QED) is 0.428. The molecule has 7 atom stereocenters. The minimum absolute atomic E-state index is 0.0858. The molecule has 0 aromatic carbocycles. The average Bonchev–Trinajstić information content (AvgIpc) is 2.92. The van der Waals surface area contributed by atoms with E-state index < -0.39 is 0 Å². The van der Waals surface area contributed by atoms with Crippen molar-refractivity contribution in [3.8, 4) is 0 Å². The molecule has 0 aromatic heterocycles. The van der Waals surface area contributed by atoms with Gasteiger partial charge in [-0.15, -0.1) is 0 Å². The molecule has 3 fully saturated rings. The van der Waals surface area contributed by atoms with Crippen molar-refractivity contribution >= 4 is 23.2 Å². The van der Waals surface area contributed by atoms with Gasteiger partial charge >= 0.3 is 5.97 Å². The monoisotopic (exact) mass is 375 g/mol. The summed E-state index contributed by atoms with van der Waals surface area (Å²) >= 11 is 5.43. The Morgan fingerprint density at radius 3 is 2.65 bits per heavy atom. The molecule has 0 radical (unpaired) electrons. The molecule has 2 N–H and O–H groups in total. The van der Waals surface area contributed by atoms with E-state index in [-0.39, 0.29) is 12.1 Å². The minimum atomic E-state index is -0.143. The first-order valence-corrected chi connectivity index (χ1v) is 10.8. The summed E-state index contributed by atoms with van der Waals surface area (Å²) in [5.74, 6) is 2.59. The summed E-state index contributed by atoms with van der Waals surface area (Å²) in [6.45, 7) is 6.48. The van der Waals surface area contributed by atoms with E-state index in [1.54, 1.807) is 5.57 Å². The van der Waals surface area contributed by atoms with Gasteiger partial charge in [-0.2, -0.15) is 0 Å². The van der Waals surface area contributed by atoms with Crippen LogP contribution in [0.3, 0.4) is 0 Å². The number of allylic oxidation sites excluding steroid dienone is 1. The number of ether oxygens (including phenoxy) is 1. The Balaban J connectivity index is 1.59. The first-order chi connectivity index (χ1) is 12.3. The maximum atomic E-state index is 11.4. The average molecular weight is 376 g/mol. The minimum Gasteiger partial charge on any atom is -0.462 e. The number of hydrogen-bond acceptors (Lipinski definition) is 3. The van der Waals surface area contributed by atoms with Gasteiger partial charge in [0.15, 0.2) is 0 Å². The van der Waals surface area contributed by atoms with Crippen molar-refractivity contribution in [1.82, 2.24) is 0 Å². The highest BCUT2D eigenvalue weighted by atomic mass is 32.1. The number of esters is 1. The van der Waals surface area contributed by atoms with E-state index >= 15 is 0 Å². The van der Waals surface area contributed by atoms with Crippen molar-refractivity contribution in [3.63, 3.8) is 0 Å². The van der Waals surface area contributed by atoms with E-state index in [1.165, 1.54) is 39.0 Å². The molecule has 3 nitrogen and oxygen atoms in total.